The average Bonchev–Trinajstić information content (AvgIpc) is 3.48. The first-order valence-corrected chi connectivity index (χ1v) is 17.8. The van der Waals surface area contributed by atoms with Gasteiger partial charge in [-0.1, -0.05) is 58.4 Å². The number of carbonyl (C=O) groups is 1. The molecule has 0 amide bonds. The number of benzene rings is 1. The number of aliphatic hydroxyl groups is 1. The van der Waals surface area contributed by atoms with Gasteiger partial charge in [-0.3, -0.25) is 4.79 Å². The molecule has 5 aliphatic rings. The maximum atomic E-state index is 14.7. The molecular weight excluding hydrogens is 574 g/mol. The number of thiazole rings is 1. The zero-order valence-corrected chi connectivity index (χ0v) is 28.9. The van der Waals surface area contributed by atoms with E-state index in [9.17, 15) is 9.90 Å². The van der Waals surface area contributed by atoms with Gasteiger partial charge in [0.15, 0.2) is 0 Å². The van der Waals surface area contributed by atoms with E-state index < -0.39 is 0 Å². The highest BCUT2D eigenvalue weighted by Crippen LogP contribution is 2.75. The fraction of sp³-hybridized carbons (Fsp3) is 0.730. The van der Waals surface area contributed by atoms with Crippen molar-refractivity contribution in [2.24, 2.45) is 39.9 Å². The maximum absolute atomic E-state index is 14.7. The Morgan fingerprint density at radius 1 is 0.953 bits per heavy atom. The molecule has 0 spiro atoms. The molecule has 234 valence electrons. The lowest BCUT2D eigenvalue weighted by molar-refractivity contribution is -0.239. The van der Waals surface area contributed by atoms with Gasteiger partial charge < -0.3 is 9.84 Å². The van der Waals surface area contributed by atoms with Gasteiger partial charge in [-0.05, 0) is 112 Å². The van der Waals surface area contributed by atoms with E-state index in [4.69, 9.17) is 21.3 Å². The SMILES string of the molecule is CC1(C)CCC[C@](C)([C@H]2CC[C@]3(C)[C@@H]2[C@H](O)C[C@@H]2[C@@]4(C)Cc5sc(-c6ccc(Cl)cc6)nc5C(C)(C)[C@@H]4C(=O)C[C@]23C)O1. The van der Waals surface area contributed by atoms with Gasteiger partial charge in [-0.25, -0.2) is 4.98 Å². The number of hydrogen-bond donors (Lipinski definition) is 1. The number of fused-ring (bicyclic) bond motifs is 6. The number of halogens is 1. The van der Waals surface area contributed by atoms with Crippen molar-refractivity contribution >= 4 is 28.7 Å². The van der Waals surface area contributed by atoms with E-state index in [1.54, 1.807) is 11.3 Å². The lowest BCUT2D eigenvalue weighted by Crippen LogP contribution is -2.68. The van der Waals surface area contributed by atoms with Crippen LogP contribution in [0.2, 0.25) is 5.02 Å². The lowest BCUT2D eigenvalue weighted by atomic mass is 9.35. The summed E-state index contributed by atoms with van der Waals surface area (Å²) in [6.07, 6.45) is 7.25. The van der Waals surface area contributed by atoms with Crippen LogP contribution in [0.15, 0.2) is 24.3 Å². The smallest absolute Gasteiger partial charge is 0.138 e. The standard InChI is InChI=1S/C37H50ClNO3S/c1-32(2)15-9-16-37(8,42-32)23-14-17-35(6)28(23)24(40)18-27-34(5)20-26-30(33(3,4)29(34)25(41)19-36(27,35)7)39-31(43-26)21-10-12-22(38)13-11-21/h10-13,23-24,27-29,40H,9,14-20H2,1-8H3/t23-,24+,27+,28-,29-,34+,35+,36+,37+/m0/s1. The summed E-state index contributed by atoms with van der Waals surface area (Å²) >= 11 is 7.98. The molecule has 1 saturated heterocycles. The molecule has 7 rings (SSSR count). The number of Topliss-reactive ketones (excluding diaryl/α,β-unsaturated/α-hetero) is 1. The highest BCUT2D eigenvalue weighted by atomic mass is 35.5. The molecule has 1 aromatic heterocycles. The second-order valence-electron chi connectivity index (χ2n) is 17.2. The fourth-order valence-electron chi connectivity index (χ4n) is 12.2. The summed E-state index contributed by atoms with van der Waals surface area (Å²) in [5, 5.41) is 14.0. The first kappa shape index (κ1) is 30.4. The molecule has 9 atom stereocenters. The van der Waals surface area contributed by atoms with Crippen molar-refractivity contribution in [1.29, 1.82) is 0 Å². The van der Waals surface area contributed by atoms with E-state index in [0.717, 1.165) is 59.8 Å². The first-order chi connectivity index (χ1) is 20.0. The molecule has 1 aliphatic heterocycles. The van der Waals surface area contributed by atoms with Gasteiger partial charge in [-0.2, -0.15) is 0 Å². The summed E-state index contributed by atoms with van der Waals surface area (Å²) in [6.45, 7) is 18.5. The second kappa shape index (κ2) is 9.39. The molecule has 43 heavy (non-hydrogen) atoms. The number of aliphatic hydroxyl groups excluding tert-OH is 1. The lowest BCUT2D eigenvalue weighted by Gasteiger charge is -2.69. The Kier molecular flexibility index (Phi) is 6.64. The summed E-state index contributed by atoms with van der Waals surface area (Å²) in [6, 6.07) is 7.94. The van der Waals surface area contributed by atoms with Crippen LogP contribution in [0.25, 0.3) is 10.6 Å². The molecule has 0 unspecified atom stereocenters. The highest BCUT2D eigenvalue weighted by molar-refractivity contribution is 7.15. The Hall–Kier alpha value is -1.27. The topological polar surface area (TPSA) is 59.4 Å². The number of ketones is 1. The number of ether oxygens (including phenoxy) is 1. The molecule has 4 aliphatic carbocycles. The third-order valence-corrected chi connectivity index (χ3v) is 15.2. The van der Waals surface area contributed by atoms with Crippen molar-refractivity contribution in [3.05, 3.63) is 39.9 Å². The van der Waals surface area contributed by atoms with Gasteiger partial charge in [0, 0.05) is 33.2 Å². The van der Waals surface area contributed by atoms with Crippen LogP contribution in [0.1, 0.15) is 111 Å². The minimum absolute atomic E-state index is 0.115. The molecule has 3 saturated carbocycles. The van der Waals surface area contributed by atoms with E-state index in [-0.39, 0.29) is 56.7 Å². The van der Waals surface area contributed by atoms with Crippen LogP contribution in [0, 0.1) is 39.9 Å². The van der Waals surface area contributed by atoms with Crippen molar-refractivity contribution < 1.29 is 14.6 Å². The summed E-state index contributed by atoms with van der Waals surface area (Å²) in [4.78, 5) is 21.2. The second-order valence-corrected chi connectivity index (χ2v) is 18.7. The van der Waals surface area contributed by atoms with Gasteiger partial charge in [-0.15, -0.1) is 11.3 Å². The zero-order chi connectivity index (χ0) is 31.0. The van der Waals surface area contributed by atoms with Crippen molar-refractivity contribution in [1.82, 2.24) is 4.98 Å². The fourth-order valence-corrected chi connectivity index (χ4v) is 13.7. The molecule has 2 heterocycles. The van der Waals surface area contributed by atoms with Crippen LogP contribution in [0.5, 0.6) is 0 Å². The minimum atomic E-state index is -0.387. The Morgan fingerprint density at radius 3 is 2.33 bits per heavy atom. The summed E-state index contributed by atoms with van der Waals surface area (Å²) < 4.78 is 6.90. The Bertz CT molecular complexity index is 1460. The summed E-state index contributed by atoms with van der Waals surface area (Å²) in [5.41, 5.74) is 0.879. The normalized spacial score (nSPS) is 44.7. The van der Waals surface area contributed by atoms with E-state index in [0.29, 0.717) is 18.1 Å². The van der Waals surface area contributed by atoms with Crippen molar-refractivity contribution in [2.75, 3.05) is 0 Å². The predicted octanol–water partition coefficient (Wildman–Crippen LogP) is 9.05. The molecule has 1 aromatic carbocycles. The van der Waals surface area contributed by atoms with E-state index in [1.807, 2.05) is 24.3 Å². The molecule has 0 bridgehead atoms. The Balaban J connectivity index is 1.29. The molecule has 1 N–H and O–H groups in total. The Morgan fingerprint density at radius 2 is 1.65 bits per heavy atom. The van der Waals surface area contributed by atoms with E-state index in [2.05, 4.69) is 55.4 Å². The largest absolute Gasteiger partial charge is 0.393 e. The van der Waals surface area contributed by atoms with Gasteiger partial charge in [0.2, 0.25) is 0 Å². The van der Waals surface area contributed by atoms with Gasteiger partial charge in [0.1, 0.15) is 10.8 Å². The number of carbonyl (C=O) groups excluding carboxylic acids is 1. The molecule has 4 fully saturated rings. The summed E-state index contributed by atoms with van der Waals surface area (Å²) in [5.74, 6) is 0.994. The first-order valence-electron chi connectivity index (χ1n) is 16.6. The molecule has 0 radical (unpaired) electrons. The van der Waals surface area contributed by atoms with Gasteiger partial charge >= 0.3 is 0 Å². The van der Waals surface area contributed by atoms with Crippen molar-refractivity contribution in [3.63, 3.8) is 0 Å². The van der Waals surface area contributed by atoms with Crippen LogP contribution < -0.4 is 0 Å². The van der Waals surface area contributed by atoms with Crippen LogP contribution in [0.3, 0.4) is 0 Å². The van der Waals surface area contributed by atoms with Crippen LogP contribution in [-0.4, -0.2) is 33.2 Å². The minimum Gasteiger partial charge on any atom is -0.393 e. The van der Waals surface area contributed by atoms with Crippen molar-refractivity contribution in [2.45, 2.75) is 129 Å². The molecule has 4 nitrogen and oxygen atoms in total. The Labute approximate surface area is 267 Å². The van der Waals surface area contributed by atoms with Crippen LogP contribution in [-0.2, 0) is 21.4 Å². The zero-order valence-electron chi connectivity index (χ0n) is 27.4. The number of aromatic nitrogens is 1. The monoisotopic (exact) mass is 623 g/mol. The van der Waals surface area contributed by atoms with Gasteiger partial charge in [0.25, 0.3) is 0 Å². The molecular formula is C37H50ClNO3S. The van der Waals surface area contributed by atoms with Crippen LogP contribution in [0.4, 0.5) is 0 Å². The quantitative estimate of drug-likeness (QED) is 0.362. The number of nitrogens with zero attached hydrogens (tertiary/aromatic N) is 1. The number of hydrogen-bond acceptors (Lipinski definition) is 5. The predicted molar refractivity (Wildman–Crippen MR) is 174 cm³/mol. The van der Waals surface area contributed by atoms with E-state index in [1.165, 1.54) is 11.3 Å². The van der Waals surface area contributed by atoms with Gasteiger partial charge in [0.05, 0.1) is 23.0 Å². The third kappa shape index (κ3) is 4.12. The highest BCUT2D eigenvalue weighted by Gasteiger charge is 2.73. The average molecular weight is 624 g/mol. The summed E-state index contributed by atoms with van der Waals surface area (Å²) in [7, 11) is 0. The van der Waals surface area contributed by atoms with Crippen molar-refractivity contribution in [3.8, 4) is 10.6 Å². The third-order valence-electron chi connectivity index (χ3n) is 13.8. The van der Waals surface area contributed by atoms with Crippen LogP contribution >= 0.6 is 22.9 Å². The van der Waals surface area contributed by atoms with E-state index >= 15 is 0 Å². The molecule has 2 aromatic rings. The molecule has 6 heteroatoms. The number of rotatable bonds is 2. The maximum Gasteiger partial charge on any atom is 0.138 e.